The minimum Gasteiger partial charge on any atom is -0.376 e. The minimum absolute atomic E-state index is 0.0591. The van der Waals surface area contributed by atoms with Crippen LogP contribution < -0.4 is 16.0 Å². The summed E-state index contributed by atoms with van der Waals surface area (Å²) in [5.41, 5.74) is 1.67. The first-order chi connectivity index (χ1) is 15.4. The molecule has 1 heterocycles. The van der Waals surface area contributed by atoms with Gasteiger partial charge in [0.05, 0.1) is 12.6 Å². The number of carbonyl (C=O) groups excluding carboxylic acids is 1. The van der Waals surface area contributed by atoms with Gasteiger partial charge in [-0.05, 0) is 71.6 Å². The van der Waals surface area contributed by atoms with Crippen LogP contribution in [0, 0.1) is 0 Å². The van der Waals surface area contributed by atoms with E-state index in [0.29, 0.717) is 30.7 Å². The van der Waals surface area contributed by atoms with Crippen LogP contribution in [0.2, 0.25) is 0 Å². The molecule has 2 rings (SSSR count). The highest BCUT2D eigenvalue weighted by Gasteiger charge is 2.17. The molecule has 7 heteroatoms. The summed E-state index contributed by atoms with van der Waals surface area (Å²) >= 11 is 0. The van der Waals surface area contributed by atoms with Gasteiger partial charge in [0.1, 0.15) is 0 Å². The predicted octanol–water partition coefficient (Wildman–Crippen LogP) is 3.16. The molecular weight excluding hydrogens is 402 g/mol. The SMILES string of the molecule is CCNC(=NCc1cccc(C(=O)NCC2CCCO2)c1)NCCCN(C(C)C)C(C)C. The average molecular weight is 446 g/mol. The van der Waals surface area contributed by atoms with E-state index in [1.54, 1.807) is 0 Å². The predicted molar refractivity (Wildman–Crippen MR) is 132 cm³/mol. The summed E-state index contributed by atoms with van der Waals surface area (Å²) < 4.78 is 5.58. The Morgan fingerprint density at radius 2 is 1.97 bits per heavy atom. The first kappa shape index (κ1) is 26.1. The van der Waals surface area contributed by atoms with Gasteiger partial charge in [0.2, 0.25) is 0 Å². The van der Waals surface area contributed by atoms with Crippen molar-refractivity contribution in [3.63, 3.8) is 0 Å². The zero-order valence-corrected chi connectivity index (χ0v) is 20.6. The molecule has 0 aliphatic carbocycles. The molecule has 0 bridgehead atoms. The van der Waals surface area contributed by atoms with Gasteiger partial charge in [0.25, 0.3) is 5.91 Å². The Balaban J connectivity index is 1.84. The number of aliphatic imine (C=N–C) groups is 1. The Labute approximate surface area is 194 Å². The van der Waals surface area contributed by atoms with Crippen LogP contribution in [0.1, 0.15) is 69.8 Å². The Bertz CT molecular complexity index is 706. The Morgan fingerprint density at radius 1 is 1.19 bits per heavy atom. The molecule has 1 aromatic carbocycles. The van der Waals surface area contributed by atoms with Crippen LogP contribution in [-0.2, 0) is 11.3 Å². The second-order valence-electron chi connectivity index (χ2n) is 8.95. The number of nitrogens with zero attached hydrogens (tertiary/aromatic N) is 2. The number of guanidine groups is 1. The van der Waals surface area contributed by atoms with Gasteiger partial charge >= 0.3 is 0 Å². The number of carbonyl (C=O) groups is 1. The van der Waals surface area contributed by atoms with Crippen molar-refractivity contribution in [1.29, 1.82) is 0 Å². The second kappa shape index (κ2) is 14.1. The van der Waals surface area contributed by atoms with Crippen LogP contribution in [0.4, 0.5) is 0 Å². The molecule has 1 aliphatic heterocycles. The lowest BCUT2D eigenvalue weighted by atomic mass is 10.1. The average Bonchev–Trinajstić information content (AvgIpc) is 3.29. The standard InChI is InChI=1S/C25H43N5O2/c1-6-26-25(27-13-9-14-30(19(2)3)20(4)5)29-17-21-10-7-11-22(16-21)24(31)28-18-23-12-8-15-32-23/h7,10-11,16,19-20,23H,6,8-9,12-15,17-18H2,1-5H3,(H,28,31)(H2,26,27,29). The fourth-order valence-electron chi connectivity index (χ4n) is 4.02. The van der Waals surface area contributed by atoms with Crippen molar-refractivity contribution >= 4 is 11.9 Å². The van der Waals surface area contributed by atoms with E-state index in [0.717, 1.165) is 57.0 Å². The second-order valence-corrected chi connectivity index (χ2v) is 8.95. The number of rotatable bonds is 12. The van der Waals surface area contributed by atoms with Gasteiger partial charge in [-0.3, -0.25) is 9.69 Å². The summed E-state index contributed by atoms with van der Waals surface area (Å²) in [7, 11) is 0. The highest BCUT2D eigenvalue weighted by atomic mass is 16.5. The molecule has 1 saturated heterocycles. The van der Waals surface area contributed by atoms with Crippen LogP contribution in [0.15, 0.2) is 29.3 Å². The lowest BCUT2D eigenvalue weighted by Crippen LogP contribution is -2.41. The van der Waals surface area contributed by atoms with Crippen molar-refractivity contribution < 1.29 is 9.53 Å². The first-order valence-electron chi connectivity index (χ1n) is 12.2. The fourth-order valence-corrected chi connectivity index (χ4v) is 4.02. The van der Waals surface area contributed by atoms with Gasteiger partial charge in [0, 0.05) is 50.4 Å². The summed E-state index contributed by atoms with van der Waals surface area (Å²) in [6, 6.07) is 8.78. The topological polar surface area (TPSA) is 78.0 Å². The van der Waals surface area contributed by atoms with Crippen molar-refractivity contribution in [2.45, 2.75) is 78.6 Å². The van der Waals surface area contributed by atoms with Crippen molar-refractivity contribution in [2.24, 2.45) is 4.99 Å². The lowest BCUT2D eigenvalue weighted by Gasteiger charge is -2.30. The van der Waals surface area contributed by atoms with Gasteiger partial charge in [-0.15, -0.1) is 0 Å². The molecular formula is C25H43N5O2. The first-order valence-corrected chi connectivity index (χ1v) is 12.2. The Hall–Kier alpha value is -2.12. The third-order valence-electron chi connectivity index (χ3n) is 5.68. The molecule has 0 aromatic heterocycles. The van der Waals surface area contributed by atoms with Gasteiger partial charge < -0.3 is 20.7 Å². The normalized spacial score (nSPS) is 16.8. The van der Waals surface area contributed by atoms with E-state index in [2.05, 4.69) is 55.5 Å². The maximum atomic E-state index is 12.5. The van der Waals surface area contributed by atoms with Crippen LogP contribution in [0.3, 0.4) is 0 Å². The summed E-state index contributed by atoms with van der Waals surface area (Å²) in [5.74, 6) is 0.748. The molecule has 1 atom stereocenters. The number of hydrogen-bond acceptors (Lipinski definition) is 4. The monoisotopic (exact) mass is 445 g/mol. The van der Waals surface area contributed by atoms with Crippen LogP contribution in [-0.4, -0.2) is 67.7 Å². The van der Waals surface area contributed by atoms with E-state index in [1.165, 1.54) is 0 Å². The van der Waals surface area contributed by atoms with Crippen molar-refractivity contribution in [3.05, 3.63) is 35.4 Å². The number of nitrogens with one attached hydrogen (secondary N) is 3. The maximum absolute atomic E-state index is 12.5. The molecule has 0 spiro atoms. The Kier molecular flexibility index (Phi) is 11.5. The molecule has 1 aliphatic rings. The third-order valence-corrected chi connectivity index (χ3v) is 5.68. The van der Waals surface area contributed by atoms with E-state index in [4.69, 9.17) is 9.73 Å². The zero-order chi connectivity index (χ0) is 23.3. The van der Waals surface area contributed by atoms with Crippen LogP contribution in [0.25, 0.3) is 0 Å². The molecule has 7 nitrogen and oxygen atoms in total. The summed E-state index contributed by atoms with van der Waals surface area (Å²) in [5, 5.41) is 9.72. The summed E-state index contributed by atoms with van der Waals surface area (Å²) in [4.78, 5) is 19.7. The highest BCUT2D eigenvalue weighted by Crippen LogP contribution is 2.12. The van der Waals surface area contributed by atoms with Gasteiger partial charge in [-0.1, -0.05) is 12.1 Å². The minimum atomic E-state index is -0.0591. The van der Waals surface area contributed by atoms with Crippen LogP contribution in [0.5, 0.6) is 0 Å². The maximum Gasteiger partial charge on any atom is 0.251 e. The lowest BCUT2D eigenvalue weighted by molar-refractivity contribution is 0.0857. The fraction of sp³-hybridized carbons (Fsp3) is 0.680. The molecule has 1 fully saturated rings. The summed E-state index contributed by atoms with van der Waals surface area (Å²) in [6.45, 7) is 15.7. The van der Waals surface area contributed by atoms with Gasteiger partial charge in [-0.2, -0.15) is 0 Å². The van der Waals surface area contributed by atoms with Gasteiger partial charge in [-0.25, -0.2) is 4.99 Å². The van der Waals surface area contributed by atoms with E-state index in [-0.39, 0.29) is 12.0 Å². The van der Waals surface area contributed by atoms with Crippen LogP contribution >= 0.6 is 0 Å². The largest absolute Gasteiger partial charge is 0.376 e. The van der Waals surface area contributed by atoms with Crippen molar-refractivity contribution in [1.82, 2.24) is 20.9 Å². The third kappa shape index (κ3) is 9.17. The molecule has 1 aromatic rings. The molecule has 1 amide bonds. The van der Waals surface area contributed by atoms with E-state index >= 15 is 0 Å². The molecule has 32 heavy (non-hydrogen) atoms. The smallest absolute Gasteiger partial charge is 0.251 e. The molecule has 180 valence electrons. The molecule has 3 N–H and O–H groups in total. The number of ether oxygens (including phenoxy) is 1. The van der Waals surface area contributed by atoms with Crippen molar-refractivity contribution in [3.8, 4) is 0 Å². The zero-order valence-electron chi connectivity index (χ0n) is 20.6. The molecule has 1 unspecified atom stereocenters. The van der Waals surface area contributed by atoms with Gasteiger partial charge in [0.15, 0.2) is 5.96 Å². The molecule has 0 radical (unpaired) electrons. The Morgan fingerprint density at radius 3 is 2.62 bits per heavy atom. The number of amides is 1. The number of hydrogen-bond donors (Lipinski definition) is 3. The van der Waals surface area contributed by atoms with E-state index < -0.39 is 0 Å². The quantitative estimate of drug-likeness (QED) is 0.262. The van der Waals surface area contributed by atoms with Crippen molar-refractivity contribution in [2.75, 3.05) is 32.8 Å². The van der Waals surface area contributed by atoms with E-state index in [1.807, 2.05) is 24.3 Å². The molecule has 0 saturated carbocycles. The van der Waals surface area contributed by atoms with E-state index in [9.17, 15) is 4.79 Å². The highest BCUT2D eigenvalue weighted by molar-refractivity contribution is 5.94. The number of benzene rings is 1. The summed E-state index contributed by atoms with van der Waals surface area (Å²) in [6.07, 6.45) is 3.29.